The van der Waals surface area contributed by atoms with Crippen molar-refractivity contribution < 1.29 is 72.6 Å². The molecule has 0 saturated carbocycles. The zero-order valence-corrected chi connectivity index (χ0v) is 47.3. The summed E-state index contributed by atoms with van der Waals surface area (Å²) in [7, 11) is 4.49. The van der Waals surface area contributed by atoms with Gasteiger partial charge in [0, 0.05) is 44.6 Å². The van der Waals surface area contributed by atoms with Gasteiger partial charge in [-0.25, -0.2) is 4.79 Å². The number of carboxylic acids is 3. The molecule has 0 aliphatic rings. The number of ether oxygens (including phenoxy) is 4. The molecule has 4 amide bonds. The van der Waals surface area contributed by atoms with Crippen molar-refractivity contribution in [1.29, 1.82) is 0 Å². The van der Waals surface area contributed by atoms with E-state index in [1.165, 1.54) is 38.5 Å². The highest BCUT2D eigenvalue weighted by atomic mass is 32.2. The van der Waals surface area contributed by atoms with Crippen LogP contribution in [0.15, 0.2) is 0 Å². The fraction of sp³-hybridized carbons (Fsp3) is 0.830. The number of aliphatic carboxylic acids is 3. The fourth-order valence-corrected chi connectivity index (χ4v) is 8.06. The Morgan fingerprint density at radius 2 is 0.889 bits per heavy atom. The van der Waals surface area contributed by atoms with Crippen LogP contribution in [0.5, 0.6) is 0 Å². The number of carbonyl (C=O) groups excluding carboxylic acids is 5. The van der Waals surface area contributed by atoms with E-state index in [0.29, 0.717) is 32.2 Å². The van der Waals surface area contributed by atoms with Crippen molar-refractivity contribution in [1.82, 2.24) is 31.4 Å². The van der Waals surface area contributed by atoms with Crippen LogP contribution in [-0.4, -0.2) is 165 Å². The zero-order valence-electron chi connectivity index (χ0n) is 43.3. The Labute approximate surface area is 443 Å². The quantitative estimate of drug-likeness (QED) is 0.0225. The molecule has 0 radical (unpaired) electrons. The Kier molecular flexibility index (Phi) is 57.2. The second kappa shape index (κ2) is 56.0. The van der Waals surface area contributed by atoms with Gasteiger partial charge in [0.05, 0.1) is 45.7 Å². The fourth-order valence-electron chi connectivity index (χ4n) is 6.30. The summed E-state index contributed by atoms with van der Waals surface area (Å²) in [5.74, 6) is -3.35. The number of thioether (sulfide) groups is 1. The highest BCUT2D eigenvalue weighted by Crippen LogP contribution is 2.14. The Morgan fingerprint density at radius 3 is 1.29 bits per heavy atom. The van der Waals surface area contributed by atoms with Crippen molar-refractivity contribution in [2.45, 2.75) is 167 Å². The Balaban J connectivity index is -0.00000386. The molecule has 0 fully saturated rings. The number of hydrogen-bond donors (Lipinski definition) is 10. The van der Waals surface area contributed by atoms with Crippen molar-refractivity contribution in [2.75, 3.05) is 84.5 Å². The highest BCUT2D eigenvalue weighted by molar-refractivity contribution is 7.99. The van der Waals surface area contributed by atoms with Crippen LogP contribution in [0.25, 0.3) is 0 Å². The second-order valence-corrected chi connectivity index (χ2v) is 18.3. The molecular formula is C47H92N6O15P2S2. The second-order valence-electron chi connectivity index (χ2n) is 16.3. The topological polar surface area (TPSA) is 306 Å². The third-order valence-corrected chi connectivity index (χ3v) is 12.0. The van der Waals surface area contributed by atoms with Crippen molar-refractivity contribution >= 4 is 89.8 Å². The van der Waals surface area contributed by atoms with Crippen LogP contribution >= 0.6 is 43.2 Å². The van der Waals surface area contributed by atoms with Crippen LogP contribution in [0, 0.1) is 0 Å². The van der Waals surface area contributed by atoms with Crippen LogP contribution in [0.3, 0.4) is 0 Å². The van der Waals surface area contributed by atoms with Gasteiger partial charge in [0.15, 0.2) is 0 Å². The van der Waals surface area contributed by atoms with Crippen molar-refractivity contribution in [3.8, 4) is 0 Å². The summed E-state index contributed by atoms with van der Waals surface area (Å²) in [6.07, 6.45) is 19.1. The largest absolute Gasteiger partial charge is 0.481 e. The third kappa shape index (κ3) is 53.6. The first-order chi connectivity index (χ1) is 34.7. The Hall–Kier alpha value is -2.72. The lowest BCUT2D eigenvalue weighted by Crippen LogP contribution is -2.41. The minimum Gasteiger partial charge on any atom is -0.481 e. The molecule has 0 aliphatic heterocycles. The number of carboxylic acid groups (broad SMARTS) is 3. The molecule has 0 aliphatic carbocycles. The maximum Gasteiger partial charge on any atom is 0.326 e. The molecule has 0 spiro atoms. The maximum absolute atomic E-state index is 12.3. The lowest BCUT2D eigenvalue weighted by Gasteiger charge is -2.14. The SMILES string of the molecule is CC.CSCC(NP)C(=O)S.O=C(O)CCCCCCCCCCCCCCCCC(=O)NC(CCC(=O)NCCOCCOCC(=O)NCCOCCOCC(=O)NCCCCC(NP)C(=O)O)C(=O)O. The molecular weight excluding hydrogens is 1010 g/mol. The zero-order chi connectivity index (χ0) is 54.5. The molecule has 0 heterocycles. The molecule has 9 N–H and O–H groups in total. The molecule has 0 rings (SSSR count). The molecule has 0 saturated heterocycles. The van der Waals surface area contributed by atoms with Crippen molar-refractivity contribution in [2.24, 2.45) is 0 Å². The molecule has 21 nitrogen and oxygen atoms in total. The minimum atomic E-state index is -1.19. The van der Waals surface area contributed by atoms with Crippen LogP contribution in [0.4, 0.5) is 0 Å². The number of thiol groups is 1. The van der Waals surface area contributed by atoms with Crippen LogP contribution in [0.1, 0.15) is 149 Å². The first-order valence-corrected chi connectivity index (χ1v) is 28.4. The molecule has 0 aromatic heterocycles. The van der Waals surface area contributed by atoms with E-state index in [1.807, 2.05) is 20.1 Å². The standard InChI is InChI=1S/C41H76N5O14P.C4H10NOPS2.C2H6/c47-35(21-20-33(40(53)54)45-36(48)18-13-11-9-7-5-3-1-2-4-6-8-10-12-14-19-39(51)52)43-23-25-57-27-30-60-32-38(50)44-24-26-58-28-29-59-31-37(49)42-22-16-15-17-34(46-61)41(55)56;1-9-2-3(5-7)4(6)8;1-2/h33-34,46H,1-32,61H2,(H,42,49)(H,43,47)(H,44,50)(H,45,48)(H,51,52)(H,53,54)(H,55,56);3,5H,2,7H2,1H3,(H,6,8);1-2H3. The van der Waals surface area contributed by atoms with Gasteiger partial charge in [-0.15, -0.1) is 12.6 Å². The summed E-state index contributed by atoms with van der Waals surface area (Å²) in [6, 6.07) is -1.91. The lowest BCUT2D eigenvalue weighted by molar-refractivity contribution is -0.142. The normalized spacial score (nSPS) is 11.9. The van der Waals surface area contributed by atoms with E-state index >= 15 is 0 Å². The van der Waals surface area contributed by atoms with E-state index < -0.39 is 30.0 Å². The van der Waals surface area contributed by atoms with Crippen molar-refractivity contribution in [3.63, 3.8) is 0 Å². The van der Waals surface area contributed by atoms with Gasteiger partial charge in [-0.2, -0.15) is 11.8 Å². The number of unbranched alkanes of at least 4 members (excludes halogenated alkanes) is 14. The van der Waals surface area contributed by atoms with E-state index in [0.717, 1.165) is 50.7 Å². The molecule has 0 aromatic carbocycles. The summed E-state index contributed by atoms with van der Waals surface area (Å²) in [5, 5.41) is 43.0. The predicted octanol–water partition coefficient (Wildman–Crippen LogP) is 4.66. The predicted molar refractivity (Wildman–Crippen MR) is 291 cm³/mol. The number of hydrogen-bond acceptors (Lipinski definition) is 15. The lowest BCUT2D eigenvalue weighted by atomic mass is 10.0. The summed E-state index contributed by atoms with van der Waals surface area (Å²) < 4.78 is 21.3. The van der Waals surface area contributed by atoms with E-state index in [1.54, 1.807) is 11.8 Å². The molecule has 422 valence electrons. The first-order valence-electron chi connectivity index (χ1n) is 25.4. The molecule has 5 atom stereocenters. The van der Waals surface area contributed by atoms with Crippen LogP contribution in [-0.2, 0) is 57.3 Å². The minimum absolute atomic E-state index is 0.0309. The van der Waals surface area contributed by atoms with Gasteiger partial charge in [0.25, 0.3) is 0 Å². The summed E-state index contributed by atoms with van der Waals surface area (Å²) in [4.78, 5) is 91.8. The highest BCUT2D eigenvalue weighted by Gasteiger charge is 2.21. The molecule has 72 heavy (non-hydrogen) atoms. The first kappa shape index (κ1) is 73.5. The molecule has 0 aromatic rings. The van der Waals surface area contributed by atoms with Gasteiger partial charge in [-0.3, -0.25) is 43.7 Å². The van der Waals surface area contributed by atoms with Crippen LogP contribution in [0.2, 0.25) is 0 Å². The molecule has 5 unspecified atom stereocenters. The summed E-state index contributed by atoms with van der Waals surface area (Å²) >= 11 is 5.30. The van der Waals surface area contributed by atoms with Gasteiger partial charge in [0.2, 0.25) is 28.7 Å². The monoisotopic (exact) mass is 1110 g/mol. The van der Waals surface area contributed by atoms with E-state index in [-0.39, 0.29) is 126 Å². The van der Waals surface area contributed by atoms with E-state index in [9.17, 15) is 43.5 Å². The van der Waals surface area contributed by atoms with E-state index in [4.69, 9.17) is 29.2 Å². The van der Waals surface area contributed by atoms with Gasteiger partial charge >= 0.3 is 17.9 Å². The number of rotatable bonds is 49. The Bertz CT molecular complexity index is 1420. The van der Waals surface area contributed by atoms with Gasteiger partial charge in [0.1, 0.15) is 25.3 Å². The van der Waals surface area contributed by atoms with Gasteiger partial charge in [-0.05, 0) is 44.8 Å². The van der Waals surface area contributed by atoms with Gasteiger partial charge < -0.3 is 55.5 Å². The van der Waals surface area contributed by atoms with Crippen molar-refractivity contribution in [3.05, 3.63) is 0 Å². The Morgan fingerprint density at radius 1 is 0.472 bits per heavy atom. The number of amides is 4. The summed E-state index contributed by atoms with van der Waals surface area (Å²) in [5.41, 5.74) is 0. The maximum atomic E-state index is 12.3. The van der Waals surface area contributed by atoms with Gasteiger partial charge in [-0.1, -0.05) is 110 Å². The average molecular weight is 1110 g/mol. The number of carbonyl (C=O) groups is 8. The molecule has 0 bridgehead atoms. The van der Waals surface area contributed by atoms with Crippen LogP contribution < -0.4 is 31.4 Å². The average Bonchev–Trinajstić information content (AvgIpc) is 3.34. The van der Waals surface area contributed by atoms with E-state index in [2.05, 4.69) is 62.9 Å². The molecule has 25 heteroatoms. The third-order valence-electron chi connectivity index (χ3n) is 10.3. The number of nitrogens with one attached hydrogen (secondary N) is 6. The smallest absolute Gasteiger partial charge is 0.326 e. The summed E-state index contributed by atoms with van der Waals surface area (Å²) in [6.45, 7) is 5.84.